The normalized spacial score (nSPS) is 17.6. The van der Waals surface area contributed by atoms with E-state index in [-0.39, 0.29) is 0 Å². The van der Waals surface area contributed by atoms with Crippen LogP contribution in [0.5, 0.6) is 0 Å². The molecule has 1 saturated heterocycles. The molecule has 19 heavy (non-hydrogen) atoms. The zero-order valence-corrected chi connectivity index (χ0v) is 13.2. The van der Waals surface area contributed by atoms with Crippen molar-refractivity contribution < 1.29 is 0 Å². The molecule has 1 aromatic carbocycles. The van der Waals surface area contributed by atoms with Crippen LogP contribution in [0.1, 0.15) is 24.0 Å². The van der Waals surface area contributed by atoms with E-state index in [0.29, 0.717) is 6.04 Å². The highest BCUT2D eigenvalue weighted by Crippen LogP contribution is 2.21. The Hall–Kier alpha value is -0.890. The monoisotopic (exact) mass is 321 g/mol. The molecule has 1 fully saturated rings. The van der Waals surface area contributed by atoms with Crippen LogP contribution < -0.4 is 0 Å². The van der Waals surface area contributed by atoms with Crippen LogP contribution in [0.4, 0.5) is 0 Å². The molecular weight excluding hydrogens is 302 g/mol. The lowest BCUT2D eigenvalue weighted by atomic mass is 10.0. The summed E-state index contributed by atoms with van der Waals surface area (Å²) in [7, 11) is 4.34. The number of hydrogen-bond donors (Lipinski definition) is 0. The van der Waals surface area contributed by atoms with Crippen molar-refractivity contribution in [2.75, 3.05) is 27.2 Å². The van der Waals surface area contributed by atoms with Crippen LogP contribution in [-0.4, -0.2) is 43.0 Å². The lowest BCUT2D eigenvalue weighted by molar-refractivity contribution is 0.139. The molecule has 2 rings (SSSR count). The van der Waals surface area contributed by atoms with Crippen LogP contribution in [0.2, 0.25) is 0 Å². The molecule has 0 radical (unpaired) electrons. The molecule has 0 unspecified atom stereocenters. The minimum atomic E-state index is 0.627. The minimum absolute atomic E-state index is 0.627. The quantitative estimate of drug-likeness (QED) is 0.857. The number of halogens is 1. The number of nitrogens with zero attached hydrogens (tertiary/aromatic N) is 3. The van der Waals surface area contributed by atoms with E-state index in [9.17, 15) is 5.26 Å². The van der Waals surface area contributed by atoms with Gasteiger partial charge in [0, 0.05) is 17.1 Å². The Labute approximate surface area is 123 Å². The number of likely N-dealkylation sites (tertiary alicyclic amines) is 1. The van der Waals surface area contributed by atoms with Crippen molar-refractivity contribution in [1.29, 1.82) is 5.26 Å². The maximum absolute atomic E-state index is 9.18. The molecule has 4 heteroatoms. The minimum Gasteiger partial charge on any atom is -0.306 e. The van der Waals surface area contributed by atoms with E-state index in [4.69, 9.17) is 0 Å². The summed E-state index contributed by atoms with van der Waals surface area (Å²) in [5, 5.41) is 9.18. The maximum atomic E-state index is 9.18. The van der Waals surface area contributed by atoms with Gasteiger partial charge in [-0.05, 0) is 63.8 Å². The number of rotatable bonds is 3. The van der Waals surface area contributed by atoms with Crippen molar-refractivity contribution in [3.05, 3.63) is 33.8 Å². The van der Waals surface area contributed by atoms with Crippen molar-refractivity contribution in [3.63, 3.8) is 0 Å². The molecule has 0 saturated carbocycles. The fourth-order valence-electron chi connectivity index (χ4n) is 2.64. The first-order valence-electron chi connectivity index (χ1n) is 6.67. The average Bonchev–Trinajstić information content (AvgIpc) is 2.39. The summed E-state index contributed by atoms with van der Waals surface area (Å²) in [6.07, 6.45) is 2.42. The zero-order valence-electron chi connectivity index (χ0n) is 11.6. The number of hydrogen-bond acceptors (Lipinski definition) is 3. The van der Waals surface area contributed by atoms with Gasteiger partial charge >= 0.3 is 0 Å². The number of benzene rings is 1. The molecule has 0 bridgehead atoms. The topological polar surface area (TPSA) is 30.3 Å². The van der Waals surface area contributed by atoms with E-state index in [0.717, 1.165) is 22.1 Å². The summed E-state index contributed by atoms with van der Waals surface area (Å²) in [4.78, 5) is 4.76. The molecule has 0 amide bonds. The highest BCUT2D eigenvalue weighted by molar-refractivity contribution is 9.10. The Morgan fingerprint density at radius 2 is 2.11 bits per heavy atom. The van der Waals surface area contributed by atoms with E-state index < -0.39 is 0 Å². The second-order valence-corrected chi connectivity index (χ2v) is 6.28. The van der Waals surface area contributed by atoms with Gasteiger partial charge in [-0.25, -0.2) is 0 Å². The fourth-order valence-corrected chi connectivity index (χ4v) is 3.04. The molecule has 1 aliphatic heterocycles. The summed E-state index contributed by atoms with van der Waals surface area (Å²) in [6.45, 7) is 3.17. The maximum Gasteiger partial charge on any atom is 0.0995 e. The Morgan fingerprint density at radius 1 is 1.42 bits per heavy atom. The number of piperidine rings is 1. The highest BCUT2D eigenvalue weighted by Gasteiger charge is 2.21. The number of nitriles is 1. The first kappa shape index (κ1) is 14.5. The molecule has 0 aromatic heterocycles. The predicted molar refractivity (Wildman–Crippen MR) is 80.8 cm³/mol. The smallest absolute Gasteiger partial charge is 0.0995 e. The molecule has 1 aromatic rings. The van der Waals surface area contributed by atoms with Gasteiger partial charge in [-0.1, -0.05) is 15.9 Å². The first-order chi connectivity index (χ1) is 9.10. The lowest BCUT2D eigenvalue weighted by Crippen LogP contribution is -2.41. The van der Waals surface area contributed by atoms with Crippen LogP contribution in [0.25, 0.3) is 0 Å². The Balaban J connectivity index is 2.04. The van der Waals surface area contributed by atoms with Gasteiger partial charge in [0.05, 0.1) is 11.6 Å². The Bertz CT molecular complexity index is 473. The average molecular weight is 322 g/mol. The standard InChI is InChI=1S/C15H20BrN3/c1-18-7-5-15(6-8-18)19(2)11-13-9-14(16)4-3-12(13)10-17/h3-4,9,15H,5-8,11H2,1-2H3. The van der Waals surface area contributed by atoms with Gasteiger partial charge in [0.15, 0.2) is 0 Å². The molecule has 0 N–H and O–H groups in total. The lowest BCUT2D eigenvalue weighted by Gasteiger charge is -2.35. The van der Waals surface area contributed by atoms with Crippen LogP contribution in [0.15, 0.2) is 22.7 Å². The summed E-state index contributed by atoms with van der Waals surface area (Å²) in [5.74, 6) is 0. The second kappa shape index (κ2) is 6.51. The molecule has 102 valence electrons. The Morgan fingerprint density at radius 3 is 2.74 bits per heavy atom. The van der Waals surface area contributed by atoms with E-state index in [1.54, 1.807) is 0 Å². The van der Waals surface area contributed by atoms with E-state index in [1.165, 1.54) is 25.9 Å². The van der Waals surface area contributed by atoms with Gasteiger partial charge in [0.1, 0.15) is 0 Å². The largest absolute Gasteiger partial charge is 0.306 e. The molecule has 3 nitrogen and oxygen atoms in total. The van der Waals surface area contributed by atoms with Crippen molar-refractivity contribution in [3.8, 4) is 6.07 Å². The third-order valence-electron chi connectivity index (χ3n) is 3.92. The third kappa shape index (κ3) is 3.79. The van der Waals surface area contributed by atoms with Crippen molar-refractivity contribution >= 4 is 15.9 Å². The van der Waals surface area contributed by atoms with Crippen molar-refractivity contribution in [1.82, 2.24) is 9.80 Å². The first-order valence-corrected chi connectivity index (χ1v) is 7.46. The van der Waals surface area contributed by atoms with Gasteiger partial charge in [-0.3, -0.25) is 4.90 Å². The molecular formula is C15H20BrN3. The summed E-state index contributed by atoms with van der Waals surface area (Å²) in [6, 6.07) is 8.79. The Kier molecular flexibility index (Phi) is 4.98. The zero-order chi connectivity index (χ0) is 13.8. The van der Waals surface area contributed by atoms with Gasteiger partial charge in [-0.2, -0.15) is 5.26 Å². The van der Waals surface area contributed by atoms with Crippen LogP contribution in [-0.2, 0) is 6.54 Å². The van der Waals surface area contributed by atoms with Crippen LogP contribution in [0, 0.1) is 11.3 Å². The molecule has 0 spiro atoms. The summed E-state index contributed by atoms with van der Waals surface area (Å²) < 4.78 is 1.04. The fraction of sp³-hybridized carbons (Fsp3) is 0.533. The molecule has 1 heterocycles. The van der Waals surface area contributed by atoms with E-state index in [2.05, 4.69) is 52.0 Å². The summed E-state index contributed by atoms with van der Waals surface area (Å²) >= 11 is 3.48. The van der Waals surface area contributed by atoms with E-state index in [1.807, 2.05) is 12.1 Å². The predicted octanol–water partition coefficient (Wildman–Crippen LogP) is 2.85. The van der Waals surface area contributed by atoms with Crippen LogP contribution >= 0.6 is 15.9 Å². The van der Waals surface area contributed by atoms with E-state index >= 15 is 0 Å². The second-order valence-electron chi connectivity index (χ2n) is 5.36. The van der Waals surface area contributed by atoms with Gasteiger partial charge in [-0.15, -0.1) is 0 Å². The molecule has 0 atom stereocenters. The van der Waals surface area contributed by atoms with Crippen LogP contribution in [0.3, 0.4) is 0 Å². The highest BCUT2D eigenvalue weighted by atomic mass is 79.9. The SMILES string of the molecule is CN1CCC(N(C)Cc2cc(Br)ccc2C#N)CC1. The summed E-state index contributed by atoms with van der Waals surface area (Å²) in [5.41, 5.74) is 1.89. The molecule has 1 aliphatic rings. The molecule has 0 aliphatic carbocycles. The third-order valence-corrected chi connectivity index (χ3v) is 4.41. The van der Waals surface area contributed by atoms with Gasteiger partial charge in [0.25, 0.3) is 0 Å². The van der Waals surface area contributed by atoms with Crippen molar-refractivity contribution in [2.45, 2.75) is 25.4 Å². The van der Waals surface area contributed by atoms with Gasteiger partial charge < -0.3 is 4.90 Å². The van der Waals surface area contributed by atoms with Crippen molar-refractivity contribution in [2.24, 2.45) is 0 Å². The van der Waals surface area contributed by atoms with Gasteiger partial charge in [0.2, 0.25) is 0 Å².